The largest absolute Gasteiger partial charge is 0.467 e. The van der Waals surface area contributed by atoms with Gasteiger partial charge in [-0.3, -0.25) is 4.79 Å². The van der Waals surface area contributed by atoms with E-state index < -0.39 is 0 Å². The maximum absolute atomic E-state index is 12.9. The lowest BCUT2D eigenvalue weighted by atomic mass is 10.2. The second-order valence-corrected chi connectivity index (χ2v) is 5.78. The monoisotopic (exact) mass is 318 g/mol. The first kappa shape index (κ1) is 15.8. The summed E-state index contributed by atoms with van der Waals surface area (Å²) < 4.78 is 16.7. The molecule has 6 heteroatoms. The lowest BCUT2D eigenvalue weighted by Gasteiger charge is -2.23. The number of hydrogen-bond acceptors (Lipinski definition) is 5. The van der Waals surface area contributed by atoms with Gasteiger partial charge in [0.2, 0.25) is 5.76 Å². The second kappa shape index (κ2) is 7.00. The van der Waals surface area contributed by atoms with Gasteiger partial charge < -0.3 is 18.5 Å². The second-order valence-electron chi connectivity index (χ2n) is 5.78. The highest BCUT2D eigenvalue weighted by Crippen LogP contribution is 2.19. The van der Waals surface area contributed by atoms with E-state index in [1.165, 1.54) is 0 Å². The summed E-state index contributed by atoms with van der Waals surface area (Å²) in [6.07, 6.45) is 4.35. The Hall–Kier alpha value is -2.08. The van der Waals surface area contributed by atoms with Crippen molar-refractivity contribution in [3.63, 3.8) is 0 Å². The number of furan rings is 1. The lowest BCUT2D eigenvalue weighted by Crippen LogP contribution is -2.37. The average molecular weight is 318 g/mol. The van der Waals surface area contributed by atoms with Crippen LogP contribution in [-0.2, 0) is 17.7 Å². The summed E-state index contributed by atoms with van der Waals surface area (Å²) in [5.41, 5.74) is 0.628. The van der Waals surface area contributed by atoms with Gasteiger partial charge in [-0.15, -0.1) is 0 Å². The molecule has 0 unspecified atom stereocenters. The van der Waals surface area contributed by atoms with Crippen LogP contribution in [0, 0.1) is 6.92 Å². The van der Waals surface area contributed by atoms with Crippen LogP contribution in [0.2, 0.25) is 0 Å². The van der Waals surface area contributed by atoms with E-state index in [1.807, 2.05) is 19.1 Å². The maximum atomic E-state index is 12.9. The van der Waals surface area contributed by atoms with Gasteiger partial charge in [-0.05, 0) is 31.9 Å². The molecular formula is C17H22N2O4. The van der Waals surface area contributed by atoms with E-state index in [-0.39, 0.29) is 12.0 Å². The van der Waals surface area contributed by atoms with Gasteiger partial charge in [-0.2, -0.15) is 0 Å². The lowest BCUT2D eigenvalue weighted by molar-refractivity contribution is 0.0466. The summed E-state index contributed by atoms with van der Waals surface area (Å²) >= 11 is 0. The van der Waals surface area contributed by atoms with Crippen LogP contribution in [0.15, 0.2) is 27.2 Å². The van der Waals surface area contributed by atoms with Gasteiger partial charge in [0, 0.05) is 19.6 Å². The number of hydrogen-bond donors (Lipinski definition) is 0. The van der Waals surface area contributed by atoms with Crippen LogP contribution in [0.4, 0.5) is 0 Å². The van der Waals surface area contributed by atoms with Crippen molar-refractivity contribution in [2.75, 3.05) is 13.2 Å². The van der Waals surface area contributed by atoms with Crippen LogP contribution in [-0.4, -0.2) is 35.0 Å². The number of oxazole rings is 1. The molecular weight excluding hydrogens is 296 g/mol. The third kappa shape index (κ3) is 3.64. The molecule has 2 aromatic rings. The molecule has 3 heterocycles. The highest BCUT2D eigenvalue weighted by Gasteiger charge is 2.28. The molecule has 3 rings (SSSR count). The zero-order chi connectivity index (χ0) is 16.2. The summed E-state index contributed by atoms with van der Waals surface area (Å²) in [5.74, 6) is 1.47. The molecule has 124 valence electrons. The molecule has 1 amide bonds. The zero-order valence-electron chi connectivity index (χ0n) is 13.6. The first-order chi connectivity index (χ1) is 11.2. The summed E-state index contributed by atoms with van der Waals surface area (Å²) in [4.78, 5) is 18.9. The quantitative estimate of drug-likeness (QED) is 0.819. The standard InChI is InChI=1S/C17H22N2O4/c1-3-15-18-12(2)16(23-15)17(20)19(10-13-6-4-8-21-13)11-14-7-5-9-22-14/h4,6,8,14H,3,5,7,9-11H2,1-2H3/t14-/m1/s1. The topological polar surface area (TPSA) is 68.7 Å². The first-order valence-electron chi connectivity index (χ1n) is 8.07. The fraction of sp³-hybridized carbons (Fsp3) is 0.529. The highest BCUT2D eigenvalue weighted by molar-refractivity contribution is 5.92. The minimum atomic E-state index is -0.165. The molecule has 0 N–H and O–H groups in total. The van der Waals surface area contributed by atoms with Gasteiger partial charge in [0.15, 0.2) is 5.89 Å². The van der Waals surface area contributed by atoms with Gasteiger partial charge in [0.25, 0.3) is 5.91 Å². The van der Waals surface area contributed by atoms with Crippen molar-refractivity contribution in [1.82, 2.24) is 9.88 Å². The fourth-order valence-corrected chi connectivity index (χ4v) is 2.79. The van der Waals surface area contributed by atoms with Crippen molar-refractivity contribution in [2.45, 2.75) is 45.8 Å². The van der Waals surface area contributed by atoms with Crippen LogP contribution >= 0.6 is 0 Å². The van der Waals surface area contributed by atoms with E-state index in [9.17, 15) is 4.79 Å². The molecule has 1 aliphatic heterocycles. The van der Waals surface area contributed by atoms with Crippen molar-refractivity contribution < 1.29 is 18.4 Å². The van der Waals surface area contributed by atoms with Crippen LogP contribution in [0.1, 0.15) is 47.7 Å². The molecule has 0 radical (unpaired) electrons. The van der Waals surface area contributed by atoms with Crippen molar-refractivity contribution in [1.29, 1.82) is 0 Å². The third-order valence-corrected chi connectivity index (χ3v) is 4.00. The highest BCUT2D eigenvalue weighted by atomic mass is 16.5. The minimum absolute atomic E-state index is 0.0720. The Balaban J connectivity index is 1.80. The molecule has 1 saturated heterocycles. The fourth-order valence-electron chi connectivity index (χ4n) is 2.79. The third-order valence-electron chi connectivity index (χ3n) is 4.00. The number of carbonyl (C=O) groups excluding carboxylic acids is 1. The summed E-state index contributed by atoms with van der Waals surface area (Å²) in [7, 11) is 0. The molecule has 1 fully saturated rings. The Kier molecular flexibility index (Phi) is 4.81. The number of carbonyl (C=O) groups is 1. The van der Waals surface area contributed by atoms with E-state index in [4.69, 9.17) is 13.6 Å². The van der Waals surface area contributed by atoms with E-state index in [0.717, 1.165) is 25.2 Å². The molecule has 0 bridgehead atoms. The van der Waals surface area contributed by atoms with Gasteiger partial charge in [0.1, 0.15) is 5.76 Å². The summed E-state index contributed by atoms with van der Waals surface area (Å²) in [5, 5.41) is 0. The number of aryl methyl sites for hydroxylation is 2. The maximum Gasteiger partial charge on any atom is 0.292 e. The van der Waals surface area contributed by atoms with Crippen LogP contribution in [0.5, 0.6) is 0 Å². The minimum Gasteiger partial charge on any atom is -0.467 e. The van der Waals surface area contributed by atoms with Gasteiger partial charge in [-0.25, -0.2) is 4.98 Å². The average Bonchev–Trinajstić information content (AvgIpc) is 3.27. The zero-order valence-corrected chi connectivity index (χ0v) is 13.6. The Morgan fingerprint density at radius 2 is 2.35 bits per heavy atom. The Bertz CT molecular complexity index is 642. The SMILES string of the molecule is CCc1nc(C)c(C(=O)N(Cc2ccco2)C[C@H]2CCCO2)o1. The van der Waals surface area contributed by atoms with Gasteiger partial charge >= 0.3 is 0 Å². The molecule has 2 aromatic heterocycles. The molecule has 0 spiro atoms. The Morgan fingerprint density at radius 3 is 2.96 bits per heavy atom. The predicted molar refractivity (Wildman–Crippen MR) is 83.0 cm³/mol. The molecule has 6 nitrogen and oxygen atoms in total. The molecule has 0 aromatic carbocycles. The molecule has 0 saturated carbocycles. The first-order valence-corrected chi connectivity index (χ1v) is 8.07. The van der Waals surface area contributed by atoms with E-state index in [0.29, 0.717) is 36.9 Å². The Labute approximate surface area is 135 Å². The molecule has 1 aliphatic rings. The smallest absolute Gasteiger partial charge is 0.292 e. The van der Waals surface area contributed by atoms with E-state index in [1.54, 1.807) is 18.1 Å². The molecule has 1 atom stereocenters. The number of rotatable bonds is 6. The number of aromatic nitrogens is 1. The van der Waals surface area contributed by atoms with Crippen molar-refractivity contribution in [3.05, 3.63) is 41.5 Å². The number of amides is 1. The molecule has 0 aliphatic carbocycles. The number of nitrogens with zero attached hydrogens (tertiary/aromatic N) is 2. The van der Waals surface area contributed by atoms with E-state index in [2.05, 4.69) is 4.98 Å². The summed E-state index contributed by atoms with van der Waals surface area (Å²) in [6.45, 7) is 5.43. The van der Waals surface area contributed by atoms with Crippen LogP contribution < -0.4 is 0 Å². The van der Waals surface area contributed by atoms with E-state index >= 15 is 0 Å². The van der Waals surface area contributed by atoms with Crippen molar-refractivity contribution >= 4 is 5.91 Å². The van der Waals surface area contributed by atoms with Crippen LogP contribution in [0.3, 0.4) is 0 Å². The van der Waals surface area contributed by atoms with Crippen molar-refractivity contribution in [2.24, 2.45) is 0 Å². The van der Waals surface area contributed by atoms with Gasteiger partial charge in [-0.1, -0.05) is 6.92 Å². The van der Waals surface area contributed by atoms with Crippen LogP contribution in [0.25, 0.3) is 0 Å². The van der Waals surface area contributed by atoms with Crippen molar-refractivity contribution in [3.8, 4) is 0 Å². The predicted octanol–water partition coefficient (Wildman–Crippen LogP) is 2.96. The Morgan fingerprint density at radius 1 is 1.48 bits per heavy atom. The number of ether oxygens (including phenoxy) is 1. The molecule has 23 heavy (non-hydrogen) atoms. The summed E-state index contributed by atoms with van der Waals surface area (Å²) in [6, 6.07) is 3.68. The normalized spacial score (nSPS) is 17.6. The van der Waals surface area contributed by atoms with Gasteiger partial charge in [0.05, 0.1) is 24.6 Å².